The van der Waals surface area contributed by atoms with Crippen LogP contribution in [0, 0.1) is 11.8 Å². The maximum absolute atomic E-state index is 9.77. The summed E-state index contributed by atoms with van der Waals surface area (Å²) in [5, 5.41) is 10.4. The molecule has 0 aliphatic heterocycles. The van der Waals surface area contributed by atoms with Crippen molar-refractivity contribution in [1.82, 2.24) is 0 Å². The van der Waals surface area contributed by atoms with Crippen LogP contribution in [0.3, 0.4) is 0 Å². The molecule has 2 atom stereocenters. The smallest absolute Gasteiger partial charge is 0.140 e. The molecule has 0 amide bonds. The van der Waals surface area contributed by atoms with Crippen molar-refractivity contribution in [3.05, 3.63) is 34.9 Å². The number of hydrogen-bond donors (Lipinski definition) is 2. The highest BCUT2D eigenvalue weighted by atomic mass is 35.5. The van der Waals surface area contributed by atoms with E-state index in [9.17, 15) is 5.11 Å². The van der Waals surface area contributed by atoms with Gasteiger partial charge in [0.2, 0.25) is 0 Å². The highest BCUT2D eigenvalue weighted by Crippen LogP contribution is 2.16. The van der Waals surface area contributed by atoms with E-state index >= 15 is 0 Å². The quantitative estimate of drug-likeness (QED) is 0.794. The first kappa shape index (κ1) is 13.1. The summed E-state index contributed by atoms with van der Waals surface area (Å²) in [5.41, 5.74) is 6.43. The number of nitrogens with two attached hydrogens (primary N) is 1. The van der Waals surface area contributed by atoms with Crippen molar-refractivity contribution in [2.24, 2.45) is 5.73 Å². The zero-order valence-corrected chi connectivity index (χ0v) is 10.0. The third-order valence-corrected chi connectivity index (χ3v) is 2.40. The molecular formula is C13H16ClNO. The summed E-state index contributed by atoms with van der Waals surface area (Å²) in [6.07, 6.45) is 1.01. The van der Waals surface area contributed by atoms with E-state index in [1.165, 1.54) is 0 Å². The van der Waals surface area contributed by atoms with Gasteiger partial charge in [0.05, 0.1) is 6.04 Å². The fourth-order valence-corrected chi connectivity index (χ4v) is 1.53. The molecule has 86 valence electrons. The van der Waals surface area contributed by atoms with E-state index in [2.05, 4.69) is 18.8 Å². The molecule has 0 bridgehead atoms. The van der Waals surface area contributed by atoms with Crippen molar-refractivity contribution in [2.75, 3.05) is 0 Å². The largest absolute Gasteiger partial charge is 0.376 e. The van der Waals surface area contributed by atoms with E-state index in [0.29, 0.717) is 10.6 Å². The molecule has 0 saturated carbocycles. The first-order valence-electron chi connectivity index (χ1n) is 5.33. The van der Waals surface area contributed by atoms with E-state index in [-0.39, 0.29) is 6.04 Å². The SMILES string of the molecule is CCCC(N)C#CC(O)c1cccc(Cl)c1. The summed E-state index contributed by atoms with van der Waals surface area (Å²) in [6, 6.07) is 6.87. The summed E-state index contributed by atoms with van der Waals surface area (Å²) in [7, 11) is 0. The van der Waals surface area contributed by atoms with Gasteiger partial charge in [0, 0.05) is 5.02 Å². The average Bonchev–Trinajstić information content (AvgIpc) is 2.26. The van der Waals surface area contributed by atoms with Crippen LogP contribution in [0.5, 0.6) is 0 Å². The van der Waals surface area contributed by atoms with Gasteiger partial charge < -0.3 is 10.8 Å². The molecule has 0 aliphatic rings. The Hall–Kier alpha value is -1.01. The monoisotopic (exact) mass is 237 g/mol. The van der Waals surface area contributed by atoms with E-state index in [1.807, 2.05) is 0 Å². The first-order valence-corrected chi connectivity index (χ1v) is 5.71. The number of hydrogen-bond acceptors (Lipinski definition) is 2. The molecule has 2 nitrogen and oxygen atoms in total. The molecule has 1 aromatic carbocycles. The van der Waals surface area contributed by atoms with Gasteiger partial charge in [-0.2, -0.15) is 0 Å². The minimum atomic E-state index is -0.818. The van der Waals surface area contributed by atoms with Crippen LogP contribution in [-0.4, -0.2) is 11.1 Å². The molecule has 3 heteroatoms. The number of rotatable bonds is 3. The molecule has 0 aromatic heterocycles. The molecule has 0 fully saturated rings. The van der Waals surface area contributed by atoms with Crippen LogP contribution in [0.4, 0.5) is 0 Å². The van der Waals surface area contributed by atoms with Crippen LogP contribution in [0.25, 0.3) is 0 Å². The third kappa shape index (κ3) is 4.24. The average molecular weight is 238 g/mol. The fraction of sp³-hybridized carbons (Fsp3) is 0.385. The Labute approximate surface area is 101 Å². The van der Waals surface area contributed by atoms with Gasteiger partial charge in [0.25, 0.3) is 0 Å². The van der Waals surface area contributed by atoms with Crippen molar-refractivity contribution in [1.29, 1.82) is 0 Å². The van der Waals surface area contributed by atoms with Gasteiger partial charge in [0.15, 0.2) is 0 Å². The van der Waals surface area contributed by atoms with Crippen LogP contribution in [0.15, 0.2) is 24.3 Å². The lowest BCUT2D eigenvalue weighted by molar-refractivity contribution is 0.238. The Balaban J connectivity index is 2.68. The Morgan fingerprint density at radius 1 is 1.44 bits per heavy atom. The molecule has 0 heterocycles. The second-order valence-electron chi connectivity index (χ2n) is 3.64. The van der Waals surface area contributed by atoms with E-state index in [0.717, 1.165) is 12.8 Å². The molecule has 0 radical (unpaired) electrons. The number of halogens is 1. The molecule has 2 unspecified atom stereocenters. The summed E-state index contributed by atoms with van der Waals surface area (Å²) in [4.78, 5) is 0. The lowest BCUT2D eigenvalue weighted by Gasteiger charge is -2.05. The zero-order chi connectivity index (χ0) is 12.0. The molecule has 3 N–H and O–H groups in total. The Bertz CT molecular complexity index is 394. The fourth-order valence-electron chi connectivity index (χ4n) is 1.33. The molecule has 0 saturated heterocycles. The molecule has 1 rings (SSSR count). The third-order valence-electron chi connectivity index (χ3n) is 2.17. The number of aliphatic hydroxyl groups is 1. The minimum absolute atomic E-state index is 0.168. The molecule has 16 heavy (non-hydrogen) atoms. The molecule has 0 aliphatic carbocycles. The lowest BCUT2D eigenvalue weighted by Crippen LogP contribution is -2.16. The lowest BCUT2D eigenvalue weighted by atomic mass is 10.1. The number of benzene rings is 1. The second kappa shape index (κ2) is 6.55. The van der Waals surface area contributed by atoms with Gasteiger partial charge in [-0.1, -0.05) is 48.9 Å². The van der Waals surface area contributed by atoms with Gasteiger partial charge in [-0.25, -0.2) is 0 Å². The normalized spacial score (nSPS) is 13.8. The topological polar surface area (TPSA) is 46.2 Å². The highest BCUT2D eigenvalue weighted by molar-refractivity contribution is 6.30. The van der Waals surface area contributed by atoms with Gasteiger partial charge >= 0.3 is 0 Å². The molecular weight excluding hydrogens is 222 g/mol. The van der Waals surface area contributed by atoms with E-state index in [1.54, 1.807) is 24.3 Å². The Kier molecular flexibility index (Phi) is 5.34. The van der Waals surface area contributed by atoms with E-state index < -0.39 is 6.10 Å². The zero-order valence-electron chi connectivity index (χ0n) is 9.28. The first-order chi connectivity index (χ1) is 7.63. The van der Waals surface area contributed by atoms with Crippen molar-refractivity contribution in [3.8, 4) is 11.8 Å². The second-order valence-corrected chi connectivity index (χ2v) is 4.08. The van der Waals surface area contributed by atoms with Gasteiger partial charge in [0.1, 0.15) is 6.10 Å². The summed E-state index contributed by atoms with van der Waals surface area (Å²) in [5.74, 6) is 5.57. The van der Waals surface area contributed by atoms with Crippen molar-refractivity contribution in [3.63, 3.8) is 0 Å². The van der Waals surface area contributed by atoms with Gasteiger partial charge in [-0.15, -0.1) is 0 Å². The van der Waals surface area contributed by atoms with Crippen LogP contribution in [0.1, 0.15) is 31.4 Å². The van der Waals surface area contributed by atoms with Crippen LogP contribution >= 0.6 is 11.6 Å². The molecule has 1 aromatic rings. The van der Waals surface area contributed by atoms with Gasteiger partial charge in [-0.3, -0.25) is 0 Å². The summed E-state index contributed by atoms with van der Waals surface area (Å²) in [6.45, 7) is 2.05. The van der Waals surface area contributed by atoms with Crippen molar-refractivity contribution >= 4 is 11.6 Å². The van der Waals surface area contributed by atoms with Crippen molar-refractivity contribution in [2.45, 2.75) is 31.9 Å². The maximum Gasteiger partial charge on any atom is 0.140 e. The van der Waals surface area contributed by atoms with Crippen molar-refractivity contribution < 1.29 is 5.11 Å². The highest BCUT2D eigenvalue weighted by Gasteiger charge is 2.04. The Morgan fingerprint density at radius 3 is 2.81 bits per heavy atom. The molecule has 0 spiro atoms. The predicted molar refractivity (Wildman–Crippen MR) is 67.1 cm³/mol. The Morgan fingerprint density at radius 2 is 2.19 bits per heavy atom. The van der Waals surface area contributed by atoms with E-state index in [4.69, 9.17) is 17.3 Å². The van der Waals surface area contributed by atoms with Crippen LogP contribution in [-0.2, 0) is 0 Å². The predicted octanol–water partition coefficient (Wildman–Crippen LogP) is 2.50. The summed E-state index contributed by atoms with van der Waals surface area (Å²) < 4.78 is 0. The summed E-state index contributed by atoms with van der Waals surface area (Å²) >= 11 is 5.82. The number of aliphatic hydroxyl groups excluding tert-OH is 1. The van der Waals surface area contributed by atoms with Crippen LogP contribution < -0.4 is 5.73 Å². The maximum atomic E-state index is 9.77. The standard InChI is InChI=1S/C13H16ClNO/c1-2-4-12(15)7-8-13(16)10-5-3-6-11(14)9-10/h3,5-6,9,12-13,16H,2,4,15H2,1H3. The van der Waals surface area contributed by atoms with Gasteiger partial charge in [-0.05, 0) is 24.1 Å². The minimum Gasteiger partial charge on any atom is -0.376 e. The van der Waals surface area contributed by atoms with Crippen LogP contribution in [0.2, 0.25) is 5.02 Å².